The lowest BCUT2D eigenvalue weighted by Gasteiger charge is -2.06. The molecule has 1 aromatic heterocycles. The number of carbonyl (C=O) groups is 1. The number of anilines is 1. The van der Waals surface area contributed by atoms with Crippen LogP contribution in [-0.2, 0) is 11.3 Å². The summed E-state index contributed by atoms with van der Waals surface area (Å²) < 4.78 is 25.1. The van der Waals surface area contributed by atoms with Crippen molar-refractivity contribution in [3.05, 3.63) is 23.9 Å². The quantitative estimate of drug-likeness (QED) is 0.835. The second-order valence-corrected chi connectivity index (χ2v) is 4.19. The van der Waals surface area contributed by atoms with Crippen molar-refractivity contribution in [2.45, 2.75) is 25.3 Å². The molecule has 0 aromatic carbocycles. The highest BCUT2D eigenvalue weighted by Crippen LogP contribution is 2.50. The van der Waals surface area contributed by atoms with Gasteiger partial charge in [-0.2, -0.15) is 0 Å². The largest absolute Gasteiger partial charge is 0.383 e. The van der Waals surface area contributed by atoms with E-state index in [2.05, 4.69) is 10.3 Å². The van der Waals surface area contributed by atoms with Crippen LogP contribution in [0.5, 0.6) is 0 Å². The Hall–Kier alpha value is -1.72. The maximum atomic E-state index is 12.6. The first-order valence-corrected chi connectivity index (χ1v) is 5.33. The number of nitrogen functional groups attached to an aromatic ring is 1. The normalized spacial score (nSPS) is 20.9. The molecule has 1 saturated carbocycles. The van der Waals surface area contributed by atoms with Gasteiger partial charge in [0.15, 0.2) is 0 Å². The summed E-state index contributed by atoms with van der Waals surface area (Å²) in [5.41, 5.74) is 6.26. The molecule has 3 N–H and O–H groups in total. The van der Waals surface area contributed by atoms with E-state index < -0.39 is 11.8 Å². The molecule has 2 rings (SSSR count). The molecule has 17 heavy (non-hydrogen) atoms. The number of rotatable bonds is 4. The maximum Gasteiger partial charge on any atom is 0.252 e. The lowest BCUT2D eigenvalue weighted by Crippen LogP contribution is -2.24. The summed E-state index contributed by atoms with van der Waals surface area (Å²) in [4.78, 5) is 15.2. The van der Waals surface area contributed by atoms with E-state index in [4.69, 9.17) is 5.73 Å². The highest BCUT2D eigenvalue weighted by atomic mass is 19.3. The average molecular weight is 241 g/mol. The monoisotopic (exact) mass is 241 g/mol. The van der Waals surface area contributed by atoms with Gasteiger partial charge >= 0.3 is 0 Å². The van der Waals surface area contributed by atoms with E-state index in [0.717, 1.165) is 0 Å². The third-order valence-electron chi connectivity index (χ3n) is 2.79. The molecule has 4 nitrogen and oxygen atoms in total. The Morgan fingerprint density at radius 3 is 2.94 bits per heavy atom. The summed E-state index contributed by atoms with van der Waals surface area (Å²) in [5.74, 6) is -3.49. The average Bonchev–Trinajstić information content (AvgIpc) is 2.85. The predicted octanol–water partition coefficient (Wildman–Crippen LogP) is 1.33. The van der Waals surface area contributed by atoms with Crippen molar-refractivity contribution in [1.82, 2.24) is 10.3 Å². The molecule has 0 saturated heterocycles. The fourth-order valence-electron chi connectivity index (χ4n) is 1.58. The Kier molecular flexibility index (Phi) is 2.95. The number of hydrogen-bond donors (Lipinski definition) is 2. The molecule has 6 heteroatoms. The third-order valence-corrected chi connectivity index (χ3v) is 2.79. The summed E-state index contributed by atoms with van der Waals surface area (Å²) in [6.07, 6.45) is 1.23. The molecule has 1 aliphatic carbocycles. The Morgan fingerprint density at radius 1 is 1.65 bits per heavy atom. The van der Waals surface area contributed by atoms with Gasteiger partial charge in [-0.05, 0) is 6.07 Å². The first-order chi connectivity index (χ1) is 7.99. The van der Waals surface area contributed by atoms with E-state index >= 15 is 0 Å². The van der Waals surface area contributed by atoms with Gasteiger partial charge in [-0.1, -0.05) is 6.07 Å². The van der Waals surface area contributed by atoms with Crippen molar-refractivity contribution in [2.24, 2.45) is 5.92 Å². The van der Waals surface area contributed by atoms with Crippen LogP contribution in [-0.4, -0.2) is 16.8 Å². The fourth-order valence-corrected chi connectivity index (χ4v) is 1.58. The van der Waals surface area contributed by atoms with Gasteiger partial charge in [0.05, 0.1) is 0 Å². The van der Waals surface area contributed by atoms with Crippen molar-refractivity contribution < 1.29 is 13.6 Å². The van der Waals surface area contributed by atoms with Gasteiger partial charge in [-0.25, -0.2) is 13.8 Å². The number of nitrogens with two attached hydrogens (primary N) is 1. The lowest BCUT2D eigenvalue weighted by atomic mass is 10.2. The van der Waals surface area contributed by atoms with Crippen LogP contribution < -0.4 is 11.1 Å². The Bertz CT molecular complexity index is 436. The minimum Gasteiger partial charge on any atom is -0.383 e. The van der Waals surface area contributed by atoms with Crippen LogP contribution in [0, 0.1) is 5.92 Å². The minimum atomic E-state index is -2.65. The van der Waals surface area contributed by atoms with Crippen LogP contribution in [0.4, 0.5) is 14.6 Å². The zero-order valence-corrected chi connectivity index (χ0v) is 9.12. The number of hydrogen-bond acceptors (Lipinski definition) is 3. The SMILES string of the molecule is Nc1ncccc1CNC(=O)CC1CC1(F)F. The van der Waals surface area contributed by atoms with Crippen LogP contribution in [0.2, 0.25) is 0 Å². The second-order valence-electron chi connectivity index (χ2n) is 4.19. The molecule has 1 aromatic rings. The molecule has 1 amide bonds. The van der Waals surface area contributed by atoms with Gasteiger partial charge in [0.25, 0.3) is 5.92 Å². The van der Waals surface area contributed by atoms with Crippen LogP contribution in [0.1, 0.15) is 18.4 Å². The zero-order valence-electron chi connectivity index (χ0n) is 9.12. The van der Waals surface area contributed by atoms with Crippen LogP contribution in [0.15, 0.2) is 18.3 Å². The molecular formula is C11H13F2N3O. The molecule has 0 bridgehead atoms. The maximum absolute atomic E-state index is 12.6. The molecule has 0 radical (unpaired) electrons. The zero-order chi connectivity index (χ0) is 12.5. The van der Waals surface area contributed by atoms with Crippen molar-refractivity contribution in [2.75, 3.05) is 5.73 Å². The van der Waals surface area contributed by atoms with Crippen LogP contribution in [0.3, 0.4) is 0 Å². The number of alkyl halides is 2. The second kappa shape index (κ2) is 4.27. The highest BCUT2D eigenvalue weighted by molar-refractivity contribution is 5.76. The summed E-state index contributed by atoms with van der Waals surface area (Å²) in [7, 11) is 0. The van der Waals surface area contributed by atoms with Crippen molar-refractivity contribution in [1.29, 1.82) is 0 Å². The van der Waals surface area contributed by atoms with E-state index in [0.29, 0.717) is 11.4 Å². The van der Waals surface area contributed by atoms with E-state index in [1.165, 1.54) is 0 Å². The number of aromatic nitrogens is 1. The molecular weight excluding hydrogens is 228 g/mol. The van der Waals surface area contributed by atoms with Gasteiger partial charge in [0.2, 0.25) is 5.91 Å². The summed E-state index contributed by atoms with van der Waals surface area (Å²) in [6, 6.07) is 3.43. The molecule has 0 aliphatic heterocycles. The van der Waals surface area contributed by atoms with Crippen LogP contribution in [0.25, 0.3) is 0 Å². The van der Waals surface area contributed by atoms with E-state index in [1.54, 1.807) is 18.3 Å². The number of nitrogens with one attached hydrogen (secondary N) is 1. The Labute approximate surface area is 97.2 Å². The van der Waals surface area contributed by atoms with Crippen molar-refractivity contribution >= 4 is 11.7 Å². The van der Waals surface area contributed by atoms with Crippen molar-refractivity contribution in [3.8, 4) is 0 Å². The summed E-state index contributed by atoms with van der Waals surface area (Å²) in [6.45, 7) is 0.219. The number of pyridine rings is 1. The standard InChI is InChI=1S/C11H13F2N3O/c12-11(13)5-8(11)4-9(17)16-6-7-2-1-3-15-10(7)14/h1-3,8H,4-6H2,(H2,14,15)(H,16,17). The molecule has 1 fully saturated rings. The van der Waals surface area contributed by atoms with Crippen molar-refractivity contribution in [3.63, 3.8) is 0 Å². The number of amides is 1. The topological polar surface area (TPSA) is 68.0 Å². The Balaban J connectivity index is 1.79. The number of halogens is 2. The molecule has 0 spiro atoms. The molecule has 1 atom stereocenters. The van der Waals surface area contributed by atoms with E-state index in [1.807, 2.05) is 0 Å². The van der Waals surface area contributed by atoms with E-state index in [9.17, 15) is 13.6 Å². The smallest absolute Gasteiger partial charge is 0.252 e. The van der Waals surface area contributed by atoms with Gasteiger partial charge < -0.3 is 11.1 Å². The number of carbonyl (C=O) groups excluding carboxylic acids is 1. The van der Waals surface area contributed by atoms with Gasteiger partial charge in [0.1, 0.15) is 5.82 Å². The Morgan fingerprint density at radius 2 is 2.35 bits per heavy atom. The summed E-state index contributed by atoms with van der Waals surface area (Å²) >= 11 is 0. The first-order valence-electron chi connectivity index (χ1n) is 5.33. The van der Waals surface area contributed by atoms with E-state index in [-0.39, 0.29) is 25.3 Å². The number of nitrogens with zero attached hydrogens (tertiary/aromatic N) is 1. The minimum absolute atomic E-state index is 0.132. The predicted molar refractivity (Wildman–Crippen MR) is 58.2 cm³/mol. The summed E-state index contributed by atoms with van der Waals surface area (Å²) in [5, 5.41) is 2.56. The first kappa shape index (κ1) is 11.8. The van der Waals surface area contributed by atoms with Gasteiger partial charge in [0, 0.05) is 37.1 Å². The third kappa shape index (κ3) is 2.89. The fraction of sp³-hybridized carbons (Fsp3) is 0.455. The molecule has 1 aliphatic rings. The highest BCUT2D eigenvalue weighted by Gasteiger charge is 2.57. The van der Waals surface area contributed by atoms with Crippen LogP contribution >= 0.6 is 0 Å². The molecule has 1 heterocycles. The lowest BCUT2D eigenvalue weighted by molar-refractivity contribution is -0.122. The molecule has 92 valence electrons. The van der Waals surface area contributed by atoms with Gasteiger partial charge in [-0.15, -0.1) is 0 Å². The van der Waals surface area contributed by atoms with Gasteiger partial charge in [-0.3, -0.25) is 4.79 Å². The molecule has 1 unspecified atom stereocenters.